The van der Waals surface area contributed by atoms with Crippen LogP contribution >= 0.6 is 0 Å². The van der Waals surface area contributed by atoms with E-state index in [-0.39, 0.29) is 6.61 Å². The number of nitrogens with two attached hydrogens (primary N) is 1. The number of hydrogen-bond acceptors (Lipinski definition) is 3. The van der Waals surface area contributed by atoms with Crippen LogP contribution in [0, 0.1) is 11.3 Å². The first-order valence-corrected chi connectivity index (χ1v) is 4.59. The van der Waals surface area contributed by atoms with Gasteiger partial charge in [0, 0.05) is 5.69 Å². The summed E-state index contributed by atoms with van der Waals surface area (Å²) in [5.74, 6) is 0.667. The molecule has 0 fully saturated rings. The Hall–Kier alpha value is -1.69. The van der Waals surface area contributed by atoms with Crippen LogP contribution in [-0.2, 0) is 0 Å². The number of nitriles is 1. The molecule has 0 amide bonds. The number of rotatable bonds is 2. The highest BCUT2D eigenvalue weighted by Gasteiger charge is 1.90. The first-order chi connectivity index (χ1) is 6.74. The van der Waals surface area contributed by atoms with E-state index in [1.54, 1.807) is 24.3 Å². The number of anilines is 1. The smallest absolute Gasteiger partial charge is 0.174 e. The van der Waals surface area contributed by atoms with E-state index in [9.17, 15) is 0 Å². The van der Waals surface area contributed by atoms with Crippen molar-refractivity contribution in [3.05, 3.63) is 24.3 Å². The number of ether oxygens (including phenoxy) is 1. The molecule has 0 atom stereocenters. The topological polar surface area (TPSA) is 59.0 Å². The SMILES string of the molecule is CCC.N#CCOc1ccc(N)cc1. The van der Waals surface area contributed by atoms with Crippen LogP contribution in [0.15, 0.2) is 24.3 Å². The van der Waals surface area contributed by atoms with Gasteiger partial charge in [-0.25, -0.2) is 0 Å². The van der Waals surface area contributed by atoms with Crippen molar-refractivity contribution in [2.75, 3.05) is 12.3 Å². The lowest BCUT2D eigenvalue weighted by atomic mass is 10.3. The van der Waals surface area contributed by atoms with E-state index >= 15 is 0 Å². The lowest BCUT2D eigenvalue weighted by Crippen LogP contribution is -1.93. The minimum atomic E-state index is 0.0733. The van der Waals surface area contributed by atoms with E-state index < -0.39 is 0 Å². The van der Waals surface area contributed by atoms with Crippen molar-refractivity contribution in [2.24, 2.45) is 0 Å². The molecule has 0 aliphatic carbocycles. The van der Waals surface area contributed by atoms with Gasteiger partial charge in [0.05, 0.1) is 0 Å². The van der Waals surface area contributed by atoms with Gasteiger partial charge < -0.3 is 10.5 Å². The highest BCUT2D eigenvalue weighted by Crippen LogP contribution is 2.12. The van der Waals surface area contributed by atoms with E-state index in [1.165, 1.54) is 6.42 Å². The van der Waals surface area contributed by atoms with Crippen LogP contribution < -0.4 is 10.5 Å². The van der Waals surface area contributed by atoms with E-state index in [2.05, 4.69) is 13.8 Å². The van der Waals surface area contributed by atoms with Crippen LogP contribution in [0.1, 0.15) is 20.3 Å². The molecule has 1 aromatic carbocycles. The molecule has 1 rings (SSSR count). The lowest BCUT2D eigenvalue weighted by Gasteiger charge is -1.99. The summed E-state index contributed by atoms with van der Waals surface area (Å²) in [5, 5.41) is 8.18. The maximum atomic E-state index is 8.18. The molecule has 0 bridgehead atoms. The molecule has 0 aliphatic heterocycles. The predicted octanol–water partition coefficient (Wildman–Crippen LogP) is 2.59. The molecule has 1 aromatic rings. The Balaban J connectivity index is 0.000000500. The highest BCUT2D eigenvalue weighted by molar-refractivity contribution is 5.41. The van der Waals surface area contributed by atoms with Gasteiger partial charge in [-0.3, -0.25) is 0 Å². The van der Waals surface area contributed by atoms with Crippen molar-refractivity contribution in [3.8, 4) is 11.8 Å². The van der Waals surface area contributed by atoms with Crippen LogP contribution in [0.4, 0.5) is 5.69 Å². The zero-order valence-corrected chi connectivity index (χ0v) is 8.66. The fraction of sp³-hybridized carbons (Fsp3) is 0.364. The Bertz CT molecular complexity index is 274. The summed E-state index contributed by atoms with van der Waals surface area (Å²) in [6.45, 7) is 4.32. The summed E-state index contributed by atoms with van der Waals surface area (Å²) in [6.07, 6.45) is 1.25. The zero-order chi connectivity index (χ0) is 10.8. The third-order valence-corrected chi connectivity index (χ3v) is 1.18. The van der Waals surface area contributed by atoms with Gasteiger partial charge in [0.25, 0.3) is 0 Å². The molecule has 0 spiro atoms. The van der Waals surface area contributed by atoms with Crippen LogP contribution in [0.2, 0.25) is 0 Å². The van der Waals surface area contributed by atoms with Crippen molar-refractivity contribution in [3.63, 3.8) is 0 Å². The molecule has 14 heavy (non-hydrogen) atoms. The molecular formula is C11H16N2O. The van der Waals surface area contributed by atoms with E-state index in [0.29, 0.717) is 11.4 Å². The van der Waals surface area contributed by atoms with Gasteiger partial charge in [0.15, 0.2) is 6.61 Å². The normalized spacial score (nSPS) is 8.07. The maximum Gasteiger partial charge on any atom is 0.174 e. The first kappa shape index (κ1) is 12.3. The van der Waals surface area contributed by atoms with Gasteiger partial charge in [0.2, 0.25) is 0 Å². The second-order valence-electron chi connectivity index (χ2n) is 2.72. The minimum Gasteiger partial charge on any atom is -0.479 e. The molecular weight excluding hydrogens is 176 g/mol. The Morgan fingerprint density at radius 1 is 1.29 bits per heavy atom. The van der Waals surface area contributed by atoms with E-state index in [4.69, 9.17) is 15.7 Å². The van der Waals surface area contributed by atoms with Gasteiger partial charge in [-0.15, -0.1) is 0 Å². The van der Waals surface area contributed by atoms with Crippen LogP contribution in [0.5, 0.6) is 5.75 Å². The van der Waals surface area contributed by atoms with Crippen LogP contribution in [-0.4, -0.2) is 6.61 Å². The van der Waals surface area contributed by atoms with Crippen molar-refractivity contribution >= 4 is 5.69 Å². The molecule has 2 N–H and O–H groups in total. The van der Waals surface area contributed by atoms with Crippen LogP contribution in [0.25, 0.3) is 0 Å². The largest absolute Gasteiger partial charge is 0.479 e. The number of nitrogen functional groups attached to an aromatic ring is 1. The number of hydrogen-bond donors (Lipinski definition) is 1. The predicted molar refractivity (Wildman–Crippen MR) is 57.9 cm³/mol. The minimum absolute atomic E-state index is 0.0733. The molecule has 0 saturated carbocycles. The lowest BCUT2D eigenvalue weighted by molar-refractivity contribution is 0.368. The summed E-state index contributed by atoms with van der Waals surface area (Å²) in [7, 11) is 0. The summed E-state index contributed by atoms with van der Waals surface area (Å²) in [5.41, 5.74) is 6.12. The zero-order valence-electron chi connectivity index (χ0n) is 8.66. The molecule has 0 aliphatic rings. The average Bonchev–Trinajstić information content (AvgIpc) is 2.18. The quantitative estimate of drug-likeness (QED) is 0.732. The van der Waals surface area contributed by atoms with E-state index in [1.807, 2.05) is 6.07 Å². The standard InChI is InChI=1S/C8H8N2O.C3H8/c9-5-6-11-8-3-1-7(10)2-4-8;1-3-2/h1-4H,6,10H2;3H2,1-2H3. The van der Waals surface area contributed by atoms with Crippen LogP contribution in [0.3, 0.4) is 0 Å². The second kappa shape index (κ2) is 7.93. The summed E-state index contributed by atoms with van der Waals surface area (Å²) in [6, 6.07) is 8.79. The molecule has 0 radical (unpaired) electrons. The van der Waals surface area contributed by atoms with Crippen molar-refractivity contribution < 1.29 is 4.74 Å². The van der Waals surface area contributed by atoms with Crippen molar-refractivity contribution in [1.29, 1.82) is 5.26 Å². The fourth-order valence-electron chi connectivity index (χ4n) is 0.680. The maximum absolute atomic E-state index is 8.18. The van der Waals surface area contributed by atoms with Gasteiger partial charge in [-0.05, 0) is 24.3 Å². The van der Waals surface area contributed by atoms with Crippen molar-refractivity contribution in [2.45, 2.75) is 20.3 Å². The Labute approximate surface area is 85.1 Å². The summed E-state index contributed by atoms with van der Waals surface area (Å²) < 4.78 is 4.99. The third kappa shape index (κ3) is 5.90. The fourth-order valence-corrected chi connectivity index (χ4v) is 0.680. The third-order valence-electron chi connectivity index (χ3n) is 1.18. The molecule has 0 heterocycles. The Morgan fingerprint density at radius 3 is 2.21 bits per heavy atom. The number of nitrogens with zero attached hydrogens (tertiary/aromatic N) is 1. The number of benzene rings is 1. The average molecular weight is 192 g/mol. The molecule has 3 nitrogen and oxygen atoms in total. The van der Waals surface area contributed by atoms with Gasteiger partial charge in [0.1, 0.15) is 11.8 Å². The molecule has 76 valence electrons. The van der Waals surface area contributed by atoms with Gasteiger partial charge in [-0.1, -0.05) is 20.3 Å². The molecule has 0 unspecified atom stereocenters. The highest BCUT2D eigenvalue weighted by atomic mass is 16.5. The van der Waals surface area contributed by atoms with E-state index in [0.717, 1.165) is 0 Å². The first-order valence-electron chi connectivity index (χ1n) is 4.59. The molecule has 0 aromatic heterocycles. The summed E-state index contributed by atoms with van der Waals surface area (Å²) >= 11 is 0. The van der Waals surface area contributed by atoms with Gasteiger partial charge >= 0.3 is 0 Å². The Kier molecular flexibility index (Phi) is 6.98. The van der Waals surface area contributed by atoms with Gasteiger partial charge in [-0.2, -0.15) is 5.26 Å². The monoisotopic (exact) mass is 192 g/mol. The Morgan fingerprint density at radius 2 is 1.79 bits per heavy atom. The molecule has 0 saturated heterocycles. The van der Waals surface area contributed by atoms with Crippen molar-refractivity contribution in [1.82, 2.24) is 0 Å². The molecule has 3 heteroatoms. The second-order valence-corrected chi connectivity index (χ2v) is 2.72. The summed E-state index contributed by atoms with van der Waals surface area (Å²) in [4.78, 5) is 0.